The summed E-state index contributed by atoms with van der Waals surface area (Å²) in [6, 6.07) is 7.64. The Kier molecular flexibility index (Phi) is 4.68. The Labute approximate surface area is 162 Å². The van der Waals surface area contributed by atoms with Crippen molar-refractivity contribution in [1.82, 2.24) is 9.97 Å². The molecule has 1 aliphatic heterocycles. The van der Waals surface area contributed by atoms with E-state index in [0.29, 0.717) is 22.3 Å². The van der Waals surface area contributed by atoms with Crippen LogP contribution < -0.4 is 15.9 Å². The predicted molar refractivity (Wildman–Crippen MR) is 111 cm³/mol. The molecule has 2 heterocycles. The molecule has 1 fully saturated rings. The van der Waals surface area contributed by atoms with Crippen molar-refractivity contribution in [2.45, 2.75) is 20.8 Å². The number of anilines is 2. The number of aromatic amines is 2. The van der Waals surface area contributed by atoms with Crippen LogP contribution in [-0.2, 0) is 4.74 Å². The second-order valence-electron chi connectivity index (χ2n) is 7.25. The number of aryl methyl sites for hydroxylation is 2. The molecule has 1 saturated heterocycles. The van der Waals surface area contributed by atoms with Crippen molar-refractivity contribution in [3.8, 4) is 0 Å². The first-order valence-electron chi connectivity index (χ1n) is 9.41. The number of carbonyl (C=O) groups excluding carboxylic acids is 1. The van der Waals surface area contributed by atoms with Crippen molar-refractivity contribution < 1.29 is 9.53 Å². The van der Waals surface area contributed by atoms with Crippen LogP contribution in [0.3, 0.4) is 0 Å². The summed E-state index contributed by atoms with van der Waals surface area (Å²) in [6.07, 6.45) is 0. The Balaban J connectivity index is 1.64. The summed E-state index contributed by atoms with van der Waals surface area (Å²) in [5.41, 5.74) is 6.33. The van der Waals surface area contributed by atoms with E-state index in [1.54, 1.807) is 0 Å². The highest BCUT2D eigenvalue weighted by atomic mass is 16.5. The first-order valence-corrected chi connectivity index (χ1v) is 9.41. The van der Waals surface area contributed by atoms with Gasteiger partial charge in [0.05, 0.1) is 29.9 Å². The number of H-pyrrole nitrogens is 2. The second-order valence-corrected chi connectivity index (χ2v) is 7.25. The summed E-state index contributed by atoms with van der Waals surface area (Å²) in [7, 11) is 0. The van der Waals surface area contributed by atoms with Gasteiger partial charge in [0, 0.05) is 24.3 Å². The second kappa shape index (κ2) is 7.16. The largest absolute Gasteiger partial charge is 0.378 e. The molecule has 0 saturated carbocycles. The summed E-state index contributed by atoms with van der Waals surface area (Å²) in [5.74, 6) is -0.200. The molecule has 2 aromatic carbocycles. The number of nitrogens with one attached hydrogen (secondary N) is 3. The van der Waals surface area contributed by atoms with Crippen LogP contribution in [0.1, 0.15) is 27.0 Å². The van der Waals surface area contributed by atoms with Crippen LogP contribution in [0.5, 0.6) is 0 Å². The first-order chi connectivity index (χ1) is 13.4. The lowest BCUT2D eigenvalue weighted by Crippen LogP contribution is -2.36. The van der Waals surface area contributed by atoms with E-state index < -0.39 is 0 Å². The highest BCUT2D eigenvalue weighted by Crippen LogP contribution is 2.28. The zero-order valence-corrected chi connectivity index (χ0v) is 16.3. The SMILES string of the molecule is Cc1cc(C(=O)Nc2c(C)c(C)cc3[nH]c(=O)[nH]c23)ccc1N1CCOCC1. The Morgan fingerprint density at radius 2 is 1.82 bits per heavy atom. The number of ether oxygens (including phenoxy) is 1. The van der Waals surface area contributed by atoms with Crippen molar-refractivity contribution in [2.75, 3.05) is 36.5 Å². The minimum atomic E-state index is -0.291. The molecular weight excluding hydrogens is 356 g/mol. The molecular formula is C21H24N4O3. The fourth-order valence-corrected chi connectivity index (χ4v) is 3.71. The zero-order valence-electron chi connectivity index (χ0n) is 16.3. The molecule has 7 nitrogen and oxygen atoms in total. The molecule has 0 radical (unpaired) electrons. The van der Waals surface area contributed by atoms with Gasteiger partial charge in [-0.15, -0.1) is 0 Å². The third kappa shape index (κ3) is 3.29. The molecule has 1 amide bonds. The fraction of sp³-hybridized carbons (Fsp3) is 0.333. The number of carbonyl (C=O) groups is 1. The highest BCUT2D eigenvalue weighted by Gasteiger charge is 2.17. The number of hydrogen-bond acceptors (Lipinski definition) is 4. The summed E-state index contributed by atoms with van der Waals surface area (Å²) in [6.45, 7) is 9.06. The molecule has 28 heavy (non-hydrogen) atoms. The number of imidazole rings is 1. The van der Waals surface area contributed by atoms with Gasteiger partial charge in [0.2, 0.25) is 0 Å². The predicted octanol–water partition coefficient (Wildman–Crippen LogP) is 2.87. The maximum Gasteiger partial charge on any atom is 0.323 e. The normalized spacial score (nSPS) is 14.5. The first kappa shape index (κ1) is 18.3. The van der Waals surface area contributed by atoms with Crippen LogP contribution in [0.2, 0.25) is 0 Å². The highest BCUT2D eigenvalue weighted by molar-refractivity contribution is 6.09. The van der Waals surface area contributed by atoms with Crippen LogP contribution in [0.25, 0.3) is 11.0 Å². The molecule has 0 spiro atoms. The third-order valence-electron chi connectivity index (χ3n) is 5.38. The maximum absolute atomic E-state index is 12.9. The van der Waals surface area contributed by atoms with Gasteiger partial charge in [0.25, 0.3) is 5.91 Å². The van der Waals surface area contributed by atoms with E-state index in [0.717, 1.165) is 48.7 Å². The van der Waals surface area contributed by atoms with E-state index in [2.05, 4.69) is 20.2 Å². The topological polar surface area (TPSA) is 90.2 Å². The lowest BCUT2D eigenvalue weighted by Gasteiger charge is -2.30. The summed E-state index contributed by atoms with van der Waals surface area (Å²) < 4.78 is 5.41. The number of fused-ring (bicyclic) bond motifs is 1. The number of nitrogens with zero attached hydrogens (tertiary/aromatic N) is 1. The lowest BCUT2D eigenvalue weighted by molar-refractivity contribution is 0.102. The van der Waals surface area contributed by atoms with Crippen LogP contribution in [-0.4, -0.2) is 42.2 Å². The number of morpholine rings is 1. The van der Waals surface area contributed by atoms with E-state index in [-0.39, 0.29) is 11.6 Å². The molecule has 0 bridgehead atoms. The molecule has 4 rings (SSSR count). The quantitative estimate of drug-likeness (QED) is 0.652. The van der Waals surface area contributed by atoms with Crippen LogP contribution in [0.4, 0.5) is 11.4 Å². The van der Waals surface area contributed by atoms with E-state index in [1.165, 1.54) is 0 Å². The molecule has 1 aromatic heterocycles. The van der Waals surface area contributed by atoms with Crippen molar-refractivity contribution >= 4 is 28.3 Å². The van der Waals surface area contributed by atoms with Crippen molar-refractivity contribution in [1.29, 1.82) is 0 Å². The molecule has 1 aliphatic rings. The third-order valence-corrected chi connectivity index (χ3v) is 5.38. The molecule has 3 aromatic rings. The standard InChI is InChI=1S/C21H24N4O3/c1-12-11-16-19(24-21(27)22-16)18(14(12)3)23-20(26)15-4-5-17(13(2)10-15)25-6-8-28-9-7-25/h4-5,10-11H,6-9H2,1-3H3,(H,23,26)(H2,22,24,27). The molecule has 0 unspecified atom stereocenters. The molecule has 0 aliphatic carbocycles. The van der Waals surface area contributed by atoms with E-state index in [9.17, 15) is 9.59 Å². The smallest absolute Gasteiger partial charge is 0.323 e. The minimum Gasteiger partial charge on any atom is -0.378 e. The van der Waals surface area contributed by atoms with Gasteiger partial charge in [0.15, 0.2) is 0 Å². The van der Waals surface area contributed by atoms with Crippen molar-refractivity contribution in [3.63, 3.8) is 0 Å². The van der Waals surface area contributed by atoms with Gasteiger partial charge in [-0.05, 0) is 61.7 Å². The van der Waals surface area contributed by atoms with Gasteiger partial charge in [-0.3, -0.25) is 4.79 Å². The lowest BCUT2D eigenvalue weighted by atomic mass is 10.0. The number of rotatable bonds is 3. The summed E-state index contributed by atoms with van der Waals surface area (Å²) in [4.78, 5) is 32.4. The number of hydrogen-bond donors (Lipinski definition) is 3. The van der Waals surface area contributed by atoms with E-state index in [4.69, 9.17) is 4.74 Å². The summed E-state index contributed by atoms with van der Waals surface area (Å²) >= 11 is 0. The van der Waals surface area contributed by atoms with Crippen molar-refractivity contribution in [3.05, 3.63) is 57.0 Å². The Morgan fingerprint density at radius 3 is 2.54 bits per heavy atom. The van der Waals surface area contributed by atoms with Gasteiger partial charge >= 0.3 is 5.69 Å². The van der Waals surface area contributed by atoms with Gasteiger partial charge in [0.1, 0.15) is 0 Å². The number of amides is 1. The Hall–Kier alpha value is -3.06. The molecule has 0 atom stereocenters. The number of aromatic nitrogens is 2. The maximum atomic E-state index is 12.9. The van der Waals surface area contributed by atoms with Gasteiger partial charge in [-0.2, -0.15) is 0 Å². The van der Waals surface area contributed by atoms with Gasteiger partial charge in [-0.25, -0.2) is 4.79 Å². The van der Waals surface area contributed by atoms with Gasteiger partial charge < -0.3 is 24.9 Å². The van der Waals surface area contributed by atoms with Crippen LogP contribution >= 0.6 is 0 Å². The fourth-order valence-electron chi connectivity index (χ4n) is 3.71. The molecule has 7 heteroatoms. The Bertz CT molecular complexity index is 1110. The van der Waals surface area contributed by atoms with E-state index in [1.807, 2.05) is 45.0 Å². The average molecular weight is 380 g/mol. The molecule has 3 N–H and O–H groups in total. The van der Waals surface area contributed by atoms with E-state index >= 15 is 0 Å². The van der Waals surface area contributed by atoms with Crippen LogP contribution in [0.15, 0.2) is 29.1 Å². The zero-order chi connectivity index (χ0) is 19.8. The van der Waals surface area contributed by atoms with Crippen molar-refractivity contribution in [2.24, 2.45) is 0 Å². The van der Waals surface area contributed by atoms with Gasteiger partial charge in [-0.1, -0.05) is 0 Å². The summed E-state index contributed by atoms with van der Waals surface area (Å²) in [5, 5.41) is 2.99. The Morgan fingerprint density at radius 1 is 1.07 bits per heavy atom. The molecule has 146 valence electrons. The average Bonchev–Trinajstić information content (AvgIpc) is 3.05. The monoisotopic (exact) mass is 380 g/mol. The minimum absolute atomic E-state index is 0.200. The van der Waals surface area contributed by atoms with Crippen LogP contribution in [0, 0.1) is 20.8 Å². The number of benzene rings is 2.